The summed E-state index contributed by atoms with van der Waals surface area (Å²) in [6.45, 7) is 0. The van der Waals surface area contributed by atoms with Crippen molar-refractivity contribution in [3.05, 3.63) is 84.9 Å². The maximum atomic E-state index is 2.31. The van der Waals surface area contributed by atoms with E-state index in [-0.39, 0.29) is 22.4 Å². The largest absolute Gasteiger partial charge is 0.0616 e. The Morgan fingerprint density at radius 1 is 0.304 bits per heavy atom. The van der Waals surface area contributed by atoms with Crippen LogP contribution < -0.4 is 0 Å². The summed E-state index contributed by atoms with van der Waals surface area (Å²) in [7, 11) is 0. The number of benzene rings is 5. The van der Waals surface area contributed by atoms with Gasteiger partial charge in [0.25, 0.3) is 0 Å². The van der Waals surface area contributed by atoms with Crippen LogP contribution in [-0.2, 0) is 22.4 Å². The first-order chi connectivity index (χ1) is 10.9. The van der Waals surface area contributed by atoms with Gasteiger partial charge in [-0.05, 0) is 79.5 Å². The van der Waals surface area contributed by atoms with Gasteiger partial charge in [-0.15, -0.1) is 0 Å². The minimum absolute atomic E-state index is 0. The Morgan fingerprint density at radius 3 is 0.783 bits per heavy atom. The maximum Gasteiger partial charge on any atom is 0 e. The normalized spacial score (nSPS) is 11.1. The molecule has 5 rings (SSSR count). The smallest absolute Gasteiger partial charge is 0 e. The molecule has 0 aromatic heterocycles. The van der Waals surface area contributed by atoms with Crippen molar-refractivity contribution < 1.29 is 22.4 Å². The fraction of sp³-hybridized carbons (Fsp3) is 0. The Morgan fingerprint density at radius 2 is 0.522 bits per heavy atom. The monoisotopic (exact) mass is 385 g/mol. The van der Waals surface area contributed by atoms with Gasteiger partial charge >= 0.3 is 0 Å². The molecule has 0 aliphatic heterocycles. The number of rotatable bonds is 0. The van der Waals surface area contributed by atoms with Crippen molar-refractivity contribution in [1.82, 2.24) is 0 Å². The van der Waals surface area contributed by atoms with Crippen LogP contribution in [0.3, 0.4) is 0 Å². The van der Waals surface area contributed by atoms with E-state index in [0.29, 0.717) is 0 Å². The molecule has 1 radical (unpaired) electrons. The molecule has 1 heteroatoms. The van der Waals surface area contributed by atoms with Gasteiger partial charge in [-0.2, -0.15) is 0 Å². The van der Waals surface area contributed by atoms with E-state index in [4.69, 9.17) is 0 Å². The van der Waals surface area contributed by atoms with Crippen LogP contribution >= 0.6 is 0 Å². The Hall–Kier alpha value is -2.12. The van der Waals surface area contributed by atoms with E-state index in [1.54, 1.807) is 0 Å². The minimum atomic E-state index is 0. The Balaban J connectivity index is 0.00000135. The minimum Gasteiger partial charge on any atom is -0.0616 e. The first-order valence-electron chi connectivity index (χ1n) is 7.62. The topological polar surface area (TPSA) is 0 Å². The number of hydrogen-bond donors (Lipinski definition) is 0. The third kappa shape index (κ3) is 2.36. The molecule has 0 heterocycles. The van der Waals surface area contributed by atoms with Gasteiger partial charge in [-0.3, -0.25) is 0 Å². The molecule has 5 aromatic carbocycles. The van der Waals surface area contributed by atoms with Crippen LogP contribution in [0.2, 0.25) is 0 Å². The van der Waals surface area contributed by atoms with Gasteiger partial charge in [0.15, 0.2) is 0 Å². The van der Waals surface area contributed by atoms with Crippen LogP contribution in [-0.4, -0.2) is 0 Å². The zero-order chi connectivity index (χ0) is 14.5. The molecule has 0 saturated carbocycles. The fourth-order valence-electron chi connectivity index (χ4n) is 3.39. The molecule has 0 N–H and O–H groups in total. The van der Waals surface area contributed by atoms with Gasteiger partial charge in [-0.1, -0.05) is 48.5 Å². The molecule has 0 bridgehead atoms. The average Bonchev–Trinajstić information content (AvgIpc) is 2.56. The molecule has 113 valence electrons. The summed E-state index contributed by atoms with van der Waals surface area (Å²) >= 11 is 0. The predicted octanol–water partition coefficient (Wildman–Crippen LogP) is 6.30. The quantitative estimate of drug-likeness (QED) is 0.217. The average molecular weight is 386 g/mol. The van der Waals surface area contributed by atoms with Gasteiger partial charge in [-0.25, -0.2) is 0 Å². The van der Waals surface area contributed by atoms with Crippen molar-refractivity contribution in [2.45, 2.75) is 0 Å². The zero-order valence-corrected chi connectivity index (χ0v) is 13.9. The van der Waals surface area contributed by atoms with E-state index >= 15 is 0 Å². The van der Waals surface area contributed by atoms with E-state index in [0.717, 1.165) is 0 Å². The van der Waals surface area contributed by atoms with Crippen molar-refractivity contribution in [2.75, 3.05) is 0 Å². The molecule has 0 saturated heterocycles. The van der Waals surface area contributed by atoms with Crippen LogP contribution in [0.15, 0.2) is 84.9 Å². The summed E-state index contributed by atoms with van der Waals surface area (Å²) in [5, 5.41) is 10.4. The number of fused-ring (bicyclic) bond motifs is 4. The van der Waals surface area contributed by atoms with Crippen LogP contribution in [0.25, 0.3) is 43.1 Å². The second kappa shape index (κ2) is 5.50. The molecule has 0 unspecified atom stereocenters. The van der Waals surface area contributed by atoms with Gasteiger partial charge in [0, 0.05) is 22.4 Å². The second-order valence-electron chi connectivity index (χ2n) is 5.95. The van der Waals surface area contributed by atoms with Crippen LogP contribution in [0, 0.1) is 0 Å². The van der Waals surface area contributed by atoms with Gasteiger partial charge in [0.05, 0.1) is 0 Å². The second-order valence-corrected chi connectivity index (χ2v) is 5.95. The molecule has 0 amide bonds. The predicted molar refractivity (Wildman–Crippen MR) is 96.5 cm³/mol. The van der Waals surface area contributed by atoms with Crippen LogP contribution in [0.5, 0.6) is 0 Å². The molecular weight excluding hydrogens is 372 g/mol. The van der Waals surface area contributed by atoms with Crippen molar-refractivity contribution >= 4 is 43.1 Å². The van der Waals surface area contributed by atoms with Gasteiger partial charge in [0.2, 0.25) is 0 Å². The Labute approximate surface area is 150 Å². The first-order valence-corrected chi connectivity index (χ1v) is 7.62. The molecule has 0 aliphatic rings. The summed E-state index contributed by atoms with van der Waals surface area (Å²) in [5.41, 5.74) is 0. The van der Waals surface area contributed by atoms with E-state index < -0.39 is 0 Å². The molecule has 0 nitrogen and oxygen atoms in total. The van der Waals surface area contributed by atoms with Crippen molar-refractivity contribution in [3.63, 3.8) is 0 Å². The Bertz CT molecular complexity index is 988. The standard InChI is InChI=1S/C22H14.Ag/c1-2-6-16-10-20-14-22-12-18-8-4-3-7-17(18)11-21(22)13-19(20)9-15(16)5-1;/h1-14H;. The van der Waals surface area contributed by atoms with E-state index in [1.165, 1.54) is 43.1 Å². The summed E-state index contributed by atoms with van der Waals surface area (Å²) in [5.74, 6) is 0. The summed E-state index contributed by atoms with van der Waals surface area (Å²) in [4.78, 5) is 0. The third-order valence-corrected chi connectivity index (χ3v) is 4.52. The molecule has 23 heavy (non-hydrogen) atoms. The molecule has 0 spiro atoms. The van der Waals surface area contributed by atoms with Crippen molar-refractivity contribution in [2.24, 2.45) is 0 Å². The van der Waals surface area contributed by atoms with Crippen molar-refractivity contribution in [1.29, 1.82) is 0 Å². The van der Waals surface area contributed by atoms with E-state index in [9.17, 15) is 0 Å². The first kappa shape index (κ1) is 14.5. The third-order valence-electron chi connectivity index (χ3n) is 4.52. The van der Waals surface area contributed by atoms with Gasteiger partial charge < -0.3 is 0 Å². The van der Waals surface area contributed by atoms with Gasteiger partial charge in [0.1, 0.15) is 0 Å². The maximum absolute atomic E-state index is 2.31. The van der Waals surface area contributed by atoms with E-state index in [1.807, 2.05) is 0 Å². The van der Waals surface area contributed by atoms with Crippen molar-refractivity contribution in [3.8, 4) is 0 Å². The van der Waals surface area contributed by atoms with Crippen LogP contribution in [0.4, 0.5) is 0 Å². The summed E-state index contributed by atoms with van der Waals surface area (Å²) in [6, 6.07) is 30.9. The fourth-order valence-corrected chi connectivity index (χ4v) is 3.39. The SMILES string of the molecule is [Ag].c1ccc2cc3cc4cc5ccccc5cc4cc3cc2c1. The molecule has 0 fully saturated rings. The molecule has 0 aliphatic carbocycles. The molecule has 0 atom stereocenters. The zero-order valence-electron chi connectivity index (χ0n) is 12.4. The number of hydrogen-bond acceptors (Lipinski definition) is 0. The summed E-state index contributed by atoms with van der Waals surface area (Å²) in [6.07, 6.45) is 0. The Kier molecular flexibility index (Phi) is 3.46. The summed E-state index contributed by atoms with van der Waals surface area (Å²) < 4.78 is 0. The molecular formula is C22H14Ag. The van der Waals surface area contributed by atoms with E-state index in [2.05, 4.69) is 84.9 Å². The molecule has 5 aromatic rings. The van der Waals surface area contributed by atoms with Crippen LogP contribution in [0.1, 0.15) is 0 Å².